The third-order valence-electron chi connectivity index (χ3n) is 4.77. The van der Waals surface area contributed by atoms with Gasteiger partial charge in [0.2, 0.25) is 5.82 Å². The van der Waals surface area contributed by atoms with Gasteiger partial charge < -0.3 is 5.73 Å². The number of halogens is 1. The zero-order valence-electron chi connectivity index (χ0n) is 12.6. The number of hydrogen-bond acceptors (Lipinski definition) is 3. The van der Waals surface area contributed by atoms with Crippen molar-refractivity contribution in [2.75, 3.05) is 0 Å². The summed E-state index contributed by atoms with van der Waals surface area (Å²) in [5.74, 6) is 0.582. The van der Waals surface area contributed by atoms with Gasteiger partial charge >= 0.3 is 5.69 Å². The fourth-order valence-corrected chi connectivity index (χ4v) is 3.28. The summed E-state index contributed by atoms with van der Waals surface area (Å²) in [6.45, 7) is 4.43. The van der Waals surface area contributed by atoms with E-state index in [-0.39, 0.29) is 0 Å². The van der Waals surface area contributed by atoms with Crippen LogP contribution in [0.4, 0.5) is 10.1 Å². The number of nitro benzene ring substituents is 1. The van der Waals surface area contributed by atoms with E-state index in [1.165, 1.54) is 12.1 Å². The molecule has 0 bridgehead atoms. The van der Waals surface area contributed by atoms with E-state index in [1.807, 2.05) is 0 Å². The van der Waals surface area contributed by atoms with Gasteiger partial charge in [-0.3, -0.25) is 10.1 Å². The van der Waals surface area contributed by atoms with Crippen molar-refractivity contribution >= 4 is 5.69 Å². The standard InChI is InChI=1S/C16H23FN2O2/c1-11(2)12-6-8-16(18,9-7-12)10-13-4-3-5-14(15(13)17)19(20)21/h3-5,11-12H,6-10,18H2,1-2H3. The predicted octanol–water partition coefficient (Wildman–Crippen LogP) is 3.82. The molecule has 0 unspecified atom stereocenters. The molecule has 0 amide bonds. The van der Waals surface area contributed by atoms with Crippen LogP contribution in [0.15, 0.2) is 18.2 Å². The minimum absolute atomic E-state index is 0.356. The number of nitrogens with two attached hydrogens (primary N) is 1. The largest absolute Gasteiger partial charge is 0.325 e. The van der Waals surface area contributed by atoms with Crippen LogP contribution in [0.25, 0.3) is 0 Å². The Labute approximate surface area is 124 Å². The van der Waals surface area contributed by atoms with Crippen molar-refractivity contribution in [1.29, 1.82) is 0 Å². The van der Waals surface area contributed by atoms with Crippen LogP contribution in [0, 0.1) is 27.8 Å². The summed E-state index contributed by atoms with van der Waals surface area (Å²) in [4.78, 5) is 10.1. The van der Waals surface area contributed by atoms with E-state index < -0.39 is 22.0 Å². The normalized spacial score (nSPS) is 26.0. The fraction of sp³-hybridized carbons (Fsp3) is 0.625. The van der Waals surface area contributed by atoms with Gasteiger partial charge in [0.15, 0.2) is 0 Å². The first-order chi connectivity index (χ1) is 9.82. The summed E-state index contributed by atoms with van der Waals surface area (Å²) in [5, 5.41) is 10.8. The van der Waals surface area contributed by atoms with Gasteiger partial charge in [0.1, 0.15) is 0 Å². The van der Waals surface area contributed by atoms with Crippen molar-refractivity contribution in [2.24, 2.45) is 17.6 Å². The smallest absolute Gasteiger partial charge is 0.305 e. The lowest BCUT2D eigenvalue weighted by Crippen LogP contribution is -2.46. The lowest BCUT2D eigenvalue weighted by atomic mass is 9.71. The average Bonchev–Trinajstić information content (AvgIpc) is 2.41. The molecule has 1 fully saturated rings. The molecule has 116 valence electrons. The van der Waals surface area contributed by atoms with Crippen molar-refractivity contribution in [3.63, 3.8) is 0 Å². The van der Waals surface area contributed by atoms with Crippen molar-refractivity contribution in [3.05, 3.63) is 39.7 Å². The van der Waals surface area contributed by atoms with E-state index in [4.69, 9.17) is 5.73 Å². The summed E-state index contributed by atoms with van der Waals surface area (Å²) in [7, 11) is 0. The second kappa shape index (κ2) is 6.10. The van der Waals surface area contributed by atoms with E-state index >= 15 is 0 Å². The van der Waals surface area contributed by atoms with Crippen LogP contribution in [0.3, 0.4) is 0 Å². The number of benzene rings is 1. The van der Waals surface area contributed by atoms with Crippen LogP contribution < -0.4 is 5.73 Å². The molecule has 5 heteroatoms. The molecule has 4 nitrogen and oxygen atoms in total. The fourth-order valence-electron chi connectivity index (χ4n) is 3.28. The highest BCUT2D eigenvalue weighted by Gasteiger charge is 2.34. The number of rotatable bonds is 4. The Balaban J connectivity index is 2.12. The Morgan fingerprint density at radius 2 is 2.05 bits per heavy atom. The predicted molar refractivity (Wildman–Crippen MR) is 80.5 cm³/mol. The molecule has 1 aromatic rings. The lowest BCUT2D eigenvalue weighted by molar-refractivity contribution is -0.387. The molecule has 0 aromatic heterocycles. The maximum atomic E-state index is 14.2. The van der Waals surface area contributed by atoms with Gasteiger partial charge in [0.25, 0.3) is 0 Å². The van der Waals surface area contributed by atoms with E-state index in [9.17, 15) is 14.5 Å². The van der Waals surface area contributed by atoms with Gasteiger partial charge in [0.05, 0.1) is 4.92 Å². The van der Waals surface area contributed by atoms with Crippen LogP contribution in [-0.4, -0.2) is 10.5 Å². The molecule has 0 spiro atoms. The third-order valence-corrected chi connectivity index (χ3v) is 4.77. The molecule has 1 aliphatic rings. The minimum Gasteiger partial charge on any atom is -0.325 e. The SMILES string of the molecule is CC(C)C1CCC(N)(Cc2cccc([N+](=O)[O-])c2F)CC1. The van der Waals surface area contributed by atoms with Gasteiger partial charge in [-0.2, -0.15) is 4.39 Å². The molecule has 0 atom stereocenters. The monoisotopic (exact) mass is 294 g/mol. The molecular formula is C16H23FN2O2. The molecule has 0 aliphatic heterocycles. The number of nitrogens with zero attached hydrogens (tertiary/aromatic N) is 1. The zero-order valence-corrected chi connectivity index (χ0v) is 12.6. The van der Waals surface area contributed by atoms with Gasteiger partial charge in [-0.1, -0.05) is 26.0 Å². The second-order valence-corrected chi connectivity index (χ2v) is 6.63. The van der Waals surface area contributed by atoms with Crippen LogP contribution >= 0.6 is 0 Å². The van der Waals surface area contributed by atoms with Crippen molar-refractivity contribution in [3.8, 4) is 0 Å². The third kappa shape index (κ3) is 3.59. The summed E-state index contributed by atoms with van der Waals surface area (Å²) in [6.07, 6.45) is 4.15. The minimum atomic E-state index is -0.738. The van der Waals surface area contributed by atoms with E-state index in [1.54, 1.807) is 6.07 Å². The highest BCUT2D eigenvalue weighted by molar-refractivity contribution is 5.37. The van der Waals surface area contributed by atoms with Gasteiger partial charge in [-0.05, 0) is 49.5 Å². The first-order valence-electron chi connectivity index (χ1n) is 7.53. The Bertz CT molecular complexity index is 523. The van der Waals surface area contributed by atoms with Crippen LogP contribution in [0.1, 0.15) is 45.1 Å². The van der Waals surface area contributed by atoms with Crippen molar-refractivity contribution in [1.82, 2.24) is 0 Å². The summed E-state index contributed by atoms with van der Waals surface area (Å²) in [6, 6.07) is 4.32. The Morgan fingerprint density at radius 1 is 1.43 bits per heavy atom. The second-order valence-electron chi connectivity index (χ2n) is 6.63. The highest BCUT2D eigenvalue weighted by atomic mass is 19.1. The quantitative estimate of drug-likeness (QED) is 0.678. The van der Waals surface area contributed by atoms with E-state index in [2.05, 4.69) is 13.8 Å². The maximum Gasteiger partial charge on any atom is 0.305 e. The average molecular weight is 294 g/mol. The van der Waals surface area contributed by atoms with E-state index in [0.717, 1.165) is 25.7 Å². The summed E-state index contributed by atoms with van der Waals surface area (Å²) < 4.78 is 14.2. The zero-order chi connectivity index (χ0) is 15.6. The van der Waals surface area contributed by atoms with Crippen molar-refractivity contribution in [2.45, 2.75) is 51.5 Å². The van der Waals surface area contributed by atoms with Crippen LogP contribution in [0.5, 0.6) is 0 Å². The maximum absolute atomic E-state index is 14.2. The summed E-state index contributed by atoms with van der Waals surface area (Å²) in [5.41, 5.74) is 5.86. The molecule has 21 heavy (non-hydrogen) atoms. The van der Waals surface area contributed by atoms with Crippen LogP contribution in [0.2, 0.25) is 0 Å². The first kappa shape index (κ1) is 15.9. The highest BCUT2D eigenvalue weighted by Crippen LogP contribution is 2.37. The Morgan fingerprint density at radius 3 is 2.57 bits per heavy atom. The molecule has 2 rings (SSSR count). The first-order valence-corrected chi connectivity index (χ1v) is 7.53. The topological polar surface area (TPSA) is 69.2 Å². The van der Waals surface area contributed by atoms with E-state index in [0.29, 0.717) is 23.8 Å². The van der Waals surface area contributed by atoms with Gasteiger partial charge in [-0.15, -0.1) is 0 Å². The molecule has 2 N–H and O–H groups in total. The molecule has 0 saturated heterocycles. The number of hydrogen-bond donors (Lipinski definition) is 1. The van der Waals surface area contributed by atoms with Gasteiger partial charge in [-0.25, -0.2) is 0 Å². The Hall–Kier alpha value is -1.49. The lowest BCUT2D eigenvalue weighted by Gasteiger charge is -2.38. The molecule has 1 aliphatic carbocycles. The van der Waals surface area contributed by atoms with Crippen molar-refractivity contribution < 1.29 is 9.31 Å². The molecular weight excluding hydrogens is 271 g/mol. The molecule has 0 heterocycles. The Kier molecular flexibility index (Phi) is 4.61. The van der Waals surface area contributed by atoms with Gasteiger partial charge in [0, 0.05) is 11.6 Å². The molecule has 0 radical (unpaired) electrons. The summed E-state index contributed by atoms with van der Waals surface area (Å²) >= 11 is 0. The van der Waals surface area contributed by atoms with Crippen LogP contribution in [-0.2, 0) is 6.42 Å². The molecule has 1 aromatic carbocycles. The number of nitro groups is 1. The molecule has 1 saturated carbocycles.